The van der Waals surface area contributed by atoms with Gasteiger partial charge in [0.05, 0.1) is 5.69 Å². The molecule has 4 nitrogen and oxygen atoms in total. The summed E-state index contributed by atoms with van der Waals surface area (Å²) < 4.78 is 0. The van der Waals surface area contributed by atoms with Crippen molar-refractivity contribution in [2.45, 2.75) is 0 Å². The predicted octanol–water partition coefficient (Wildman–Crippen LogP) is 0.925. The number of H-pyrrole nitrogens is 1. The fourth-order valence-corrected chi connectivity index (χ4v) is 0.761. The minimum atomic E-state index is -1.01. The normalized spacial score (nSPS) is 10.3. The number of aliphatic carboxylic acids is 1. The molecule has 0 radical (unpaired) electrons. The molecule has 0 unspecified atom stereocenters. The highest BCUT2D eigenvalue weighted by molar-refractivity contribution is 5.85. The number of aromatic nitrogens is 1. The highest BCUT2D eigenvalue weighted by Gasteiger charge is 1.93. The monoisotopic (exact) mass is 165 g/mol. The number of carbonyl (C=O) groups is 2. The third-order valence-corrected chi connectivity index (χ3v) is 1.27. The Morgan fingerprint density at radius 1 is 1.58 bits per heavy atom. The minimum absolute atomic E-state index is 0.431. The van der Waals surface area contributed by atoms with Crippen LogP contribution in [0.5, 0.6) is 0 Å². The summed E-state index contributed by atoms with van der Waals surface area (Å²) in [6, 6.07) is 1.56. The van der Waals surface area contributed by atoms with Gasteiger partial charge in [0.25, 0.3) is 0 Å². The van der Waals surface area contributed by atoms with E-state index in [4.69, 9.17) is 5.11 Å². The molecule has 62 valence electrons. The first-order valence-electron chi connectivity index (χ1n) is 3.27. The second-order valence-corrected chi connectivity index (χ2v) is 2.18. The fraction of sp³-hybridized carbons (Fsp3) is 0. The predicted molar refractivity (Wildman–Crippen MR) is 42.9 cm³/mol. The number of carboxylic acids is 1. The van der Waals surface area contributed by atoms with E-state index in [1.807, 2.05) is 0 Å². The van der Waals surface area contributed by atoms with Crippen molar-refractivity contribution in [2.75, 3.05) is 0 Å². The van der Waals surface area contributed by atoms with Gasteiger partial charge >= 0.3 is 5.97 Å². The molecule has 0 bridgehead atoms. The molecule has 0 atom stereocenters. The summed E-state index contributed by atoms with van der Waals surface area (Å²) in [5.74, 6) is -1.01. The molecule has 0 saturated carbocycles. The van der Waals surface area contributed by atoms with E-state index in [9.17, 15) is 9.59 Å². The molecule has 2 N–H and O–H groups in total. The Balaban J connectivity index is 2.76. The zero-order valence-corrected chi connectivity index (χ0v) is 6.15. The molecule has 0 aliphatic heterocycles. The Morgan fingerprint density at radius 2 is 2.33 bits per heavy atom. The van der Waals surface area contributed by atoms with E-state index in [0.29, 0.717) is 17.5 Å². The summed E-state index contributed by atoms with van der Waals surface area (Å²) in [4.78, 5) is 22.9. The summed E-state index contributed by atoms with van der Waals surface area (Å²) in [6.45, 7) is 0. The zero-order chi connectivity index (χ0) is 8.97. The second kappa shape index (κ2) is 3.52. The van der Waals surface area contributed by atoms with Gasteiger partial charge in [0.15, 0.2) is 6.29 Å². The number of aldehydes is 1. The van der Waals surface area contributed by atoms with Crippen LogP contribution >= 0.6 is 0 Å². The molecule has 4 heteroatoms. The van der Waals surface area contributed by atoms with E-state index in [-0.39, 0.29) is 0 Å². The molecule has 0 aromatic carbocycles. The van der Waals surface area contributed by atoms with Crippen molar-refractivity contribution in [1.82, 2.24) is 4.98 Å². The lowest BCUT2D eigenvalue weighted by Gasteiger charge is -1.79. The second-order valence-electron chi connectivity index (χ2n) is 2.18. The molecule has 0 aliphatic rings. The van der Waals surface area contributed by atoms with Crippen LogP contribution in [0.15, 0.2) is 18.3 Å². The van der Waals surface area contributed by atoms with E-state index in [1.165, 1.54) is 6.08 Å². The summed E-state index contributed by atoms with van der Waals surface area (Å²) >= 11 is 0. The standard InChI is InChI=1S/C8H7NO3/c10-5-7-3-6(4-9-7)1-2-8(11)12/h1-5,9H,(H,11,12). The van der Waals surface area contributed by atoms with E-state index < -0.39 is 5.97 Å². The molecule has 0 spiro atoms. The largest absolute Gasteiger partial charge is 0.478 e. The van der Waals surface area contributed by atoms with Crippen molar-refractivity contribution in [1.29, 1.82) is 0 Å². The van der Waals surface area contributed by atoms with Crippen LogP contribution in [0.2, 0.25) is 0 Å². The fourth-order valence-electron chi connectivity index (χ4n) is 0.761. The van der Waals surface area contributed by atoms with Gasteiger partial charge in [-0.2, -0.15) is 0 Å². The number of hydrogen-bond donors (Lipinski definition) is 2. The summed E-state index contributed by atoms with van der Waals surface area (Å²) in [6.07, 6.45) is 4.64. The van der Waals surface area contributed by atoms with Gasteiger partial charge in [0, 0.05) is 12.3 Å². The van der Waals surface area contributed by atoms with Gasteiger partial charge in [-0.15, -0.1) is 0 Å². The Hall–Kier alpha value is -1.84. The maximum Gasteiger partial charge on any atom is 0.328 e. The van der Waals surface area contributed by atoms with Crippen molar-refractivity contribution < 1.29 is 14.7 Å². The molecular weight excluding hydrogens is 158 g/mol. The molecule has 0 saturated heterocycles. The van der Waals surface area contributed by atoms with E-state index >= 15 is 0 Å². The molecule has 1 aromatic heterocycles. The van der Waals surface area contributed by atoms with Crippen molar-refractivity contribution >= 4 is 18.3 Å². The van der Waals surface area contributed by atoms with Crippen LogP contribution in [0.4, 0.5) is 0 Å². The van der Waals surface area contributed by atoms with Crippen LogP contribution in [0, 0.1) is 0 Å². The minimum Gasteiger partial charge on any atom is -0.478 e. The van der Waals surface area contributed by atoms with Gasteiger partial charge in [-0.05, 0) is 17.7 Å². The van der Waals surface area contributed by atoms with Gasteiger partial charge in [0.1, 0.15) is 0 Å². The highest BCUT2D eigenvalue weighted by atomic mass is 16.4. The topological polar surface area (TPSA) is 70.2 Å². The van der Waals surface area contributed by atoms with Crippen LogP contribution < -0.4 is 0 Å². The molecule has 1 rings (SSSR count). The quantitative estimate of drug-likeness (QED) is 0.517. The molecule has 1 aromatic rings. The van der Waals surface area contributed by atoms with Crippen LogP contribution in [0.1, 0.15) is 16.1 Å². The van der Waals surface area contributed by atoms with Crippen molar-refractivity contribution in [2.24, 2.45) is 0 Å². The number of aromatic amines is 1. The lowest BCUT2D eigenvalue weighted by molar-refractivity contribution is -0.131. The average molecular weight is 165 g/mol. The highest BCUT2D eigenvalue weighted by Crippen LogP contribution is 2.03. The molecule has 1 heterocycles. The van der Waals surface area contributed by atoms with Crippen LogP contribution in [0.3, 0.4) is 0 Å². The third kappa shape index (κ3) is 2.09. The Kier molecular flexibility index (Phi) is 2.42. The Labute approximate surface area is 68.5 Å². The van der Waals surface area contributed by atoms with E-state index in [2.05, 4.69) is 4.98 Å². The molecule has 0 fully saturated rings. The van der Waals surface area contributed by atoms with Crippen molar-refractivity contribution in [3.63, 3.8) is 0 Å². The average Bonchev–Trinajstić information content (AvgIpc) is 2.48. The van der Waals surface area contributed by atoms with Crippen molar-refractivity contribution in [3.05, 3.63) is 29.6 Å². The lowest BCUT2D eigenvalue weighted by Crippen LogP contribution is -1.84. The van der Waals surface area contributed by atoms with Crippen molar-refractivity contribution in [3.8, 4) is 0 Å². The summed E-state index contributed by atoms with van der Waals surface area (Å²) in [5.41, 5.74) is 1.10. The first-order chi connectivity index (χ1) is 5.72. The van der Waals surface area contributed by atoms with Gasteiger partial charge in [0.2, 0.25) is 0 Å². The van der Waals surface area contributed by atoms with Gasteiger partial charge in [-0.1, -0.05) is 0 Å². The summed E-state index contributed by atoms with van der Waals surface area (Å²) in [7, 11) is 0. The first-order valence-corrected chi connectivity index (χ1v) is 3.27. The smallest absolute Gasteiger partial charge is 0.328 e. The summed E-state index contributed by atoms with van der Waals surface area (Å²) in [5, 5.41) is 8.27. The number of hydrogen-bond acceptors (Lipinski definition) is 2. The molecule has 12 heavy (non-hydrogen) atoms. The number of rotatable bonds is 3. The Morgan fingerprint density at radius 3 is 2.83 bits per heavy atom. The lowest BCUT2D eigenvalue weighted by atomic mass is 10.3. The van der Waals surface area contributed by atoms with Gasteiger partial charge < -0.3 is 10.1 Å². The zero-order valence-electron chi connectivity index (χ0n) is 6.15. The number of carbonyl (C=O) groups excluding carboxylic acids is 1. The number of carboxylic acid groups (broad SMARTS) is 1. The van der Waals surface area contributed by atoms with E-state index in [1.54, 1.807) is 12.3 Å². The molecule has 0 amide bonds. The van der Waals surface area contributed by atoms with Gasteiger partial charge in [-0.25, -0.2) is 4.79 Å². The molecule has 0 aliphatic carbocycles. The van der Waals surface area contributed by atoms with Crippen LogP contribution in [0.25, 0.3) is 6.08 Å². The first kappa shape index (κ1) is 8.26. The van der Waals surface area contributed by atoms with Crippen LogP contribution in [-0.4, -0.2) is 22.3 Å². The van der Waals surface area contributed by atoms with Gasteiger partial charge in [-0.3, -0.25) is 4.79 Å². The maximum absolute atomic E-state index is 10.2. The molecular formula is C8H7NO3. The van der Waals surface area contributed by atoms with E-state index in [0.717, 1.165) is 6.08 Å². The number of nitrogens with one attached hydrogen (secondary N) is 1. The maximum atomic E-state index is 10.2. The van der Waals surface area contributed by atoms with Crippen LogP contribution in [-0.2, 0) is 4.79 Å². The SMILES string of the molecule is O=Cc1cc(C=CC(=O)O)c[nH]1. The third-order valence-electron chi connectivity index (χ3n) is 1.27. The Bertz CT molecular complexity index is 325.